The number of urea groups is 1. The van der Waals surface area contributed by atoms with Gasteiger partial charge in [0.25, 0.3) is 0 Å². The van der Waals surface area contributed by atoms with Crippen molar-refractivity contribution in [1.82, 2.24) is 10.2 Å². The van der Waals surface area contributed by atoms with Crippen molar-refractivity contribution >= 4 is 12.0 Å². The van der Waals surface area contributed by atoms with Gasteiger partial charge in [-0.1, -0.05) is 19.3 Å². The Bertz CT molecular complexity index is 353. The third-order valence-corrected chi connectivity index (χ3v) is 4.29. The lowest BCUT2D eigenvalue weighted by molar-refractivity contribution is -0.150. The van der Waals surface area contributed by atoms with Gasteiger partial charge in [-0.25, -0.2) is 4.79 Å². The van der Waals surface area contributed by atoms with Crippen molar-refractivity contribution in [2.45, 2.75) is 44.6 Å². The Kier molecular flexibility index (Phi) is 4.29. The largest absolute Gasteiger partial charge is 0.481 e. The third kappa shape index (κ3) is 3.18. The molecule has 0 bridgehead atoms. The molecule has 2 rings (SSSR count). The van der Waals surface area contributed by atoms with Crippen LogP contribution in [0.3, 0.4) is 0 Å². The van der Waals surface area contributed by atoms with Gasteiger partial charge >= 0.3 is 12.0 Å². The number of hydrogen-bond acceptors (Lipinski definition) is 3. The van der Waals surface area contributed by atoms with Crippen molar-refractivity contribution in [3.63, 3.8) is 0 Å². The van der Waals surface area contributed by atoms with Gasteiger partial charge in [0.1, 0.15) is 0 Å². The molecule has 0 radical (unpaired) electrons. The third-order valence-electron chi connectivity index (χ3n) is 4.29. The Morgan fingerprint density at radius 3 is 2.47 bits per heavy atom. The molecular formula is C13H22N2O4. The zero-order valence-corrected chi connectivity index (χ0v) is 11.1. The van der Waals surface area contributed by atoms with Crippen LogP contribution in [-0.4, -0.2) is 52.9 Å². The zero-order valence-electron chi connectivity index (χ0n) is 11.1. The second-order valence-corrected chi connectivity index (χ2v) is 5.69. The number of nitrogens with one attached hydrogen (secondary N) is 1. The van der Waals surface area contributed by atoms with Gasteiger partial charge in [-0.05, 0) is 19.3 Å². The minimum absolute atomic E-state index is 0.188. The van der Waals surface area contributed by atoms with Crippen LogP contribution >= 0.6 is 0 Å². The topological polar surface area (TPSA) is 89.9 Å². The number of aliphatic hydroxyl groups excluding tert-OH is 1. The highest BCUT2D eigenvalue weighted by Crippen LogP contribution is 2.36. The van der Waals surface area contributed by atoms with Crippen LogP contribution < -0.4 is 5.32 Å². The van der Waals surface area contributed by atoms with E-state index in [9.17, 15) is 19.8 Å². The fourth-order valence-electron chi connectivity index (χ4n) is 2.98. The molecule has 1 saturated heterocycles. The number of carbonyl (C=O) groups is 2. The number of carboxylic acid groups (broad SMARTS) is 1. The Balaban J connectivity index is 1.88. The lowest BCUT2D eigenvalue weighted by Gasteiger charge is -2.33. The van der Waals surface area contributed by atoms with Crippen LogP contribution in [0.1, 0.15) is 38.5 Å². The van der Waals surface area contributed by atoms with Crippen molar-refractivity contribution in [1.29, 1.82) is 0 Å². The lowest BCUT2D eigenvalue weighted by atomic mass is 9.74. The molecule has 0 aromatic heterocycles. The Labute approximate surface area is 112 Å². The Morgan fingerprint density at radius 2 is 1.95 bits per heavy atom. The molecule has 108 valence electrons. The number of hydrogen-bond donors (Lipinski definition) is 3. The number of β-amino-alcohol motifs (C(OH)–C–C–N with tert-alkyl or cyclic N) is 1. The van der Waals surface area contributed by atoms with Crippen molar-refractivity contribution in [2.24, 2.45) is 5.41 Å². The molecule has 1 heterocycles. The summed E-state index contributed by atoms with van der Waals surface area (Å²) in [5.74, 6) is -0.811. The summed E-state index contributed by atoms with van der Waals surface area (Å²) in [6.07, 6.45) is 4.29. The summed E-state index contributed by atoms with van der Waals surface area (Å²) in [6.45, 7) is 1.06. The van der Waals surface area contributed by atoms with Gasteiger partial charge in [0.2, 0.25) is 0 Å². The fourth-order valence-corrected chi connectivity index (χ4v) is 2.98. The smallest absolute Gasteiger partial charge is 0.317 e. The average molecular weight is 270 g/mol. The highest BCUT2D eigenvalue weighted by atomic mass is 16.4. The van der Waals surface area contributed by atoms with E-state index >= 15 is 0 Å². The van der Waals surface area contributed by atoms with Crippen LogP contribution in [0, 0.1) is 5.41 Å². The molecule has 2 amide bonds. The molecule has 1 aliphatic heterocycles. The van der Waals surface area contributed by atoms with E-state index in [0.717, 1.165) is 19.3 Å². The van der Waals surface area contributed by atoms with Crippen LogP contribution in [0.4, 0.5) is 4.79 Å². The maximum Gasteiger partial charge on any atom is 0.317 e. The highest BCUT2D eigenvalue weighted by molar-refractivity contribution is 5.78. The molecule has 0 spiro atoms. The second kappa shape index (κ2) is 5.77. The van der Waals surface area contributed by atoms with E-state index in [1.807, 2.05) is 0 Å². The molecule has 19 heavy (non-hydrogen) atoms. The molecular weight excluding hydrogens is 248 g/mol. The summed E-state index contributed by atoms with van der Waals surface area (Å²) in [5.41, 5.74) is -0.799. The minimum Gasteiger partial charge on any atom is -0.481 e. The first kappa shape index (κ1) is 14.1. The summed E-state index contributed by atoms with van der Waals surface area (Å²) in [6, 6.07) is -0.261. The number of likely N-dealkylation sites (tertiary alicyclic amines) is 1. The number of amides is 2. The van der Waals surface area contributed by atoms with Crippen molar-refractivity contribution < 1.29 is 19.8 Å². The van der Waals surface area contributed by atoms with E-state index in [-0.39, 0.29) is 12.6 Å². The van der Waals surface area contributed by atoms with Crippen LogP contribution in [0.15, 0.2) is 0 Å². The van der Waals surface area contributed by atoms with Gasteiger partial charge in [-0.15, -0.1) is 0 Å². The molecule has 6 heteroatoms. The fraction of sp³-hybridized carbons (Fsp3) is 0.846. The number of rotatable bonds is 3. The monoisotopic (exact) mass is 270 g/mol. The predicted molar refractivity (Wildman–Crippen MR) is 68.7 cm³/mol. The molecule has 1 unspecified atom stereocenters. The molecule has 1 aliphatic carbocycles. The summed E-state index contributed by atoms with van der Waals surface area (Å²) in [7, 11) is 0. The summed E-state index contributed by atoms with van der Waals surface area (Å²) in [4.78, 5) is 24.9. The van der Waals surface area contributed by atoms with Crippen LogP contribution in [-0.2, 0) is 4.79 Å². The first-order valence-corrected chi connectivity index (χ1v) is 6.98. The van der Waals surface area contributed by atoms with E-state index in [1.54, 1.807) is 4.90 Å². The van der Waals surface area contributed by atoms with Crippen LogP contribution in [0.5, 0.6) is 0 Å². The van der Waals surface area contributed by atoms with Gasteiger partial charge in [-0.3, -0.25) is 4.79 Å². The number of carbonyl (C=O) groups excluding carboxylic acids is 1. The summed E-state index contributed by atoms with van der Waals surface area (Å²) < 4.78 is 0. The number of aliphatic carboxylic acids is 1. The number of carboxylic acids is 1. The molecule has 1 atom stereocenters. The molecule has 0 aromatic rings. The number of aliphatic hydroxyl groups is 1. The van der Waals surface area contributed by atoms with Crippen molar-refractivity contribution in [3.05, 3.63) is 0 Å². The van der Waals surface area contributed by atoms with E-state index in [2.05, 4.69) is 5.32 Å². The van der Waals surface area contributed by atoms with Crippen molar-refractivity contribution in [3.8, 4) is 0 Å². The lowest BCUT2D eigenvalue weighted by Crippen LogP contribution is -2.48. The van der Waals surface area contributed by atoms with E-state index in [0.29, 0.717) is 32.4 Å². The standard InChI is InChI=1S/C13H22N2O4/c16-10-4-7-15(8-10)12(19)14-9-13(11(17)18)5-2-1-3-6-13/h10,16H,1-9H2,(H,14,19)(H,17,18). The Hall–Kier alpha value is -1.30. The Morgan fingerprint density at radius 1 is 1.26 bits per heavy atom. The minimum atomic E-state index is -0.811. The quantitative estimate of drug-likeness (QED) is 0.707. The maximum absolute atomic E-state index is 11.9. The van der Waals surface area contributed by atoms with Gasteiger partial charge in [0, 0.05) is 19.6 Å². The van der Waals surface area contributed by atoms with Gasteiger partial charge in [0.15, 0.2) is 0 Å². The number of nitrogens with zero attached hydrogens (tertiary/aromatic N) is 1. The average Bonchev–Trinajstić information content (AvgIpc) is 2.83. The molecule has 1 saturated carbocycles. The van der Waals surface area contributed by atoms with Crippen LogP contribution in [0.25, 0.3) is 0 Å². The van der Waals surface area contributed by atoms with Gasteiger partial charge in [-0.2, -0.15) is 0 Å². The molecule has 2 aliphatic rings. The summed E-state index contributed by atoms with van der Waals surface area (Å²) in [5, 5.41) is 21.5. The molecule has 2 fully saturated rings. The second-order valence-electron chi connectivity index (χ2n) is 5.69. The highest BCUT2D eigenvalue weighted by Gasteiger charge is 2.40. The van der Waals surface area contributed by atoms with Gasteiger partial charge < -0.3 is 20.4 Å². The zero-order chi connectivity index (χ0) is 13.9. The van der Waals surface area contributed by atoms with Crippen LogP contribution in [0.2, 0.25) is 0 Å². The summed E-state index contributed by atoms with van der Waals surface area (Å²) >= 11 is 0. The first-order chi connectivity index (χ1) is 9.03. The van der Waals surface area contributed by atoms with E-state index < -0.39 is 17.5 Å². The van der Waals surface area contributed by atoms with Crippen molar-refractivity contribution in [2.75, 3.05) is 19.6 Å². The van der Waals surface area contributed by atoms with E-state index in [1.165, 1.54) is 0 Å². The predicted octanol–water partition coefficient (Wildman–Crippen LogP) is 0.798. The first-order valence-electron chi connectivity index (χ1n) is 6.98. The van der Waals surface area contributed by atoms with Gasteiger partial charge in [0.05, 0.1) is 11.5 Å². The molecule has 6 nitrogen and oxygen atoms in total. The maximum atomic E-state index is 11.9. The van der Waals surface area contributed by atoms with E-state index in [4.69, 9.17) is 0 Å². The molecule has 3 N–H and O–H groups in total. The normalized spacial score (nSPS) is 26.2. The molecule has 0 aromatic carbocycles. The SMILES string of the molecule is O=C(NCC1(C(=O)O)CCCCC1)N1CCC(O)C1.